The van der Waals surface area contributed by atoms with Crippen molar-refractivity contribution in [2.45, 2.75) is 44.9 Å². The maximum atomic E-state index is 4.84. The number of aromatic nitrogens is 9. The van der Waals surface area contributed by atoms with E-state index in [4.69, 9.17) is 10.1 Å². The van der Waals surface area contributed by atoms with Gasteiger partial charge in [0.25, 0.3) is 0 Å². The highest BCUT2D eigenvalue weighted by molar-refractivity contribution is 5.41. The zero-order chi connectivity index (χ0) is 20.7. The largest absolute Gasteiger partial charge is 0.355 e. The molecule has 0 bridgehead atoms. The van der Waals surface area contributed by atoms with Gasteiger partial charge in [-0.1, -0.05) is 20.8 Å². The van der Waals surface area contributed by atoms with E-state index in [0.29, 0.717) is 11.7 Å². The van der Waals surface area contributed by atoms with E-state index in [2.05, 4.69) is 50.9 Å². The minimum Gasteiger partial charge on any atom is -0.355 e. The Morgan fingerprint density at radius 1 is 0.967 bits per heavy atom. The molecule has 10 heteroatoms. The Morgan fingerprint density at radius 3 is 2.50 bits per heavy atom. The molecule has 0 radical (unpaired) electrons. The second-order valence-corrected chi connectivity index (χ2v) is 8.63. The van der Waals surface area contributed by atoms with Crippen molar-refractivity contribution < 1.29 is 0 Å². The molecule has 30 heavy (non-hydrogen) atoms. The highest BCUT2D eigenvalue weighted by Gasteiger charge is 2.27. The van der Waals surface area contributed by atoms with Crippen molar-refractivity contribution in [1.29, 1.82) is 0 Å². The minimum absolute atomic E-state index is 0.0210. The Bertz CT molecular complexity index is 1150. The maximum Gasteiger partial charge on any atom is 0.177 e. The Balaban J connectivity index is 1.35. The quantitative estimate of drug-likeness (QED) is 0.512. The highest BCUT2D eigenvalue weighted by Crippen LogP contribution is 2.29. The monoisotopic (exact) mass is 404 g/mol. The normalized spacial score (nSPS) is 15.8. The van der Waals surface area contributed by atoms with E-state index in [9.17, 15) is 0 Å². The van der Waals surface area contributed by atoms with Crippen LogP contribution in [0.1, 0.15) is 51.0 Å². The van der Waals surface area contributed by atoms with Gasteiger partial charge in [-0.2, -0.15) is 14.7 Å². The molecule has 4 aromatic rings. The summed E-state index contributed by atoms with van der Waals surface area (Å²) >= 11 is 0. The molecule has 10 nitrogen and oxygen atoms in total. The van der Waals surface area contributed by atoms with Gasteiger partial charge >= 0.3 is 0 Å². The van der Waals surface area contributed by atoms with Crippen LogP contribution in [0.5, 0.6) is 0 Å². The summed E-state index contributed by atoms with van der Waals surface area (Å²) < 4.78 is 3.54. The Hall–Kier alpha value is -3.43. The summed E-state index contributed by atoms with van der Waals surface area (Å²) in [6.45, 7) is 8.23. The molecular weight excluding hydrogens is 380 g/mol. The molecule has 1 aliphatic rings. The van der Waals surface area contributed by atoms with Gasteiger partial charge in [-0.15, -0.1) is 10.2 Å². The van der Waals surface area contributed by atoms with E-state index in [1.54, 1.807) is 23.4 Å². The lowest BCUT2D eigenvalue weighted by Crippen LogP contribution is -2.34. The van der Waals surface area contributed by atoms with Gasteiger partial charge in [0.2, 0.25) is 0 Å². The number of hydrogen-bond donors (Lipinski definition) is 0. The third-order valence-corrected chi connectivity index (χ3v) is 5.50. The van der Waals surface area contributed by atoms with Crippen LogP contribution in [0.15, 0.2) is 37.2 Å². The van der Waals surface area contributed by atoms with Crippen LogP contribution in [-0.2, 0) is 5.41 Å². The van der Waals surface area contributed by atoms with Crippen molar-refractivity contribution in [2.24, 2.45) is 0 Å². The zero-order valence-electron chi connectivity index (χ0n) is 17.3. The fourth-order valence-electron chi connectivity index (χ4n) is 3.76. The van der Waals surface area contributed by atoms with Gasteiger partial charge in [0, 0.05) is 24.4 Å². The van der Waals surface area contributed by atoms with E-state index in [-0.39, 0.29) is 5.41 Å². The van der Waals surface area contributed by atoms with Crippen molar-refractivity contribution in [2.75, 3.05) is 18.0 Å². The fraction of sp³-hybridized carbons (Fsp3) is 0.450. The van der Waals surface area contributed by atoms with Crippen LogP contribution in [0, 0.1) is 0 Å². The van der Waals surface area contributed by atoms with Crippen molar-refractivity contribution in [3.05, 3.63) is 48.7 Å². The summed E-state index contributed by atoms with van der Waals surface area (Å²) in [5, 5.41) is 17.8. The van der Waals surface area contributed by atoms with Crippen molar-refractivity contribution >= 4 is 11.5 Å². The molecule has 0 spiro atoms. The topological polar surface area (TPSA) is 103 Å². The number of fused-ring (bicyclic) bond motifs is 1. The van der Waals surface area contributed by atoms with E-state index in [1.165, 1.54) is 6.33 Å². The van der Waals surface area contributed by atoms with Gasteiger partial charge in [0.05, 0.1) is 18.1 Å². The molecule has 0 N–H and O–H groups in total. The van der Waals surface area contributed by atoms with E-state index in [0.717, 1.165) is 48.9 Å². The van der Waals surface area contributed by atoms with Crippen molar-refractivity contribution in [1.82, 2.24) is 44.5 Å². The molecule has 5 rings (SSSR count). The van der Waals surface area contributed by atoms with E-state index in [1.807, 2.05) is 16.6 Å². The first-order chi connectivity index (χ1) is 14.5. The molecule has 0 unspecified atom stereocenters. The zero-order valence-corrected chi connectivity index (χ0v) is 17.3. The number of anilines is 1. The second kappa shape index (κ2) is 7.12. The van der Waals surface area contributed by atoms with E-state index >= 15 is 0 Å². The first-order valence-corrected chi connectivity index (χ1v) is 10.1. The standard InChI is InChI=1S/C20H24N10/c1-20(2,3)15-4-5-16-25-26-19(30(16)27-15)14-6-8-28(9-7-14)17-10-21-11-18(24-17)29-13-22-12-23-29/h4-5,10-14H,6-9H2,1-3H3. The predicted octanol–water partition coefficient (Wildman–Crippen LogP) is 2.18. The molecule has 0 atom stereocenters. The molecule has 1 aliphatic heterocycles. The third kappa shape index (κ3) is 3.38. The molecule has 1 saturated heterocycles. The SMILES string of the molecule is CC(C)(C)c1ccc2nnc(C3CCN(c4cncc(-n5cncn5)n4)CC3)n2n1. The smallest absolute Gasteiger partial charge is 0.177 e. The predicted molar refractivity (Wildman–Crippen MR) is 111 cm³/mol. The summed E-state index contributed by atoms with van der Waals surface area (Å²) in [4.78, 5) is 15.2. The molecule has 0 saturated carbocycles. The van der Waals surface area contributed by atoms with Crippen LogP contribution >= 0.6 is 0 Å². The summed E-state index contributed by atoms with van der Waals surface area (Å²) in [6.07, 6.45) is 8.50. The average molecular weight is 404 g/mol. The maximum absolute atomic E-state index is 4.84. The van der Waals surface area contributed by atoms with Gasteiger partial charge in [-0.25, -0.2) is 14.6 Å². The average Bonchev–Trinajstić information content (AvgIpc) is 3.43. The van der Waals surface area contributed by atoms with Crippen LogP contribution in [0.2, 0.25) is 0 Å². The Kier molecular flexibility index (Phi) is 4.41. The second-order valence-electron chi connectivity index (χ2n) is 8.63. The number of hydrogen-bond acceptors (Lipinski definition) is 8. The Labute approximate surface area is 174 Å². The summed E-state index contributed by atoms with van der Waals surface area (Å²) in [5.74, 6) is 2.76. The van der Waals surface area contributed by atoms with Gasteiger partial charge < -0.3 is 4.90 Å². The number of piperidine rings is 1. The Morgan fingerprint density at radius 2 is 1.77 bits per heavy atom. The van der Waals surface area contributed by atoms with Crippen LogP contribution in [0.4, 0.5) is 5.82 Å². The fourth-order valence-corrected chi connectivity index (χ4v) is 3.76. The molecule has 1 fully saturated rings. The lowest BCUT2D eigenvalue weighted by atomic mass is 9.92. The van der Waals surface area contributed by atoms with Crippen LogP contribution in [0.25, 0.3) is 11.5 Å². The molecular formula is C20H24N10. The molecule has 0 aliphatic carbocycles. The molecule has 5 heterocycles. The summed E-state index contributed by atoms with van der Waals surface area (Å²) in [6, 6.07) is 4.04. The van der Waals surface area contributed by atoms with Gasteiger partial charge in [0.15, 0.2) is 17.3 Å². The van der Waals surface area contributed by atoms with Crippen LogP contribution in [-0.4, -0.2) is 57.6 Å². The number of nitrogens with zero attached hydrogens (tertiary/aromatic N) is 10. The van der Waals surface area contributed by atoms with Crippen LogP contribution < -0.4 is 4.90 Å². The van der Waals surface area contributed by atoms with E-state index < -0.39 is 0 Å². The molecule has 4 aromatic heterocycles. The van der Waals surface area contributed by atoms with Crippen molar-refractivity contribution in [3.63, 3.8) is 0 Å². The molecule has 0 amide bonds. The van der Waals surface area contributed by atoms with Crippen LogP contribution in [0.3, 0.4) is 0 Å². The highest BCUT2D eigenvalue weighted by atomic mass is 15.4. The van der Waals surface area contributed by atoms with Gasteiger partial charge in [-0.05, 0) is 25.0 Å². The molecule has 0 aromatic carbocycles. The first-order valence-electron chi connectivity index (χ1n) is 10.1. The molecule has 154 valence electrons. The van der Waals surface area contributed by atoms with Crippen molar-refractivity contribution in [3.8, 4) is 5.82 Å². The van der Waals surface area contributed by atoms with Gasteiger partial charge in [0.1, 0.15) is 18.5 Å². The first kappa shape index (κ1) is 18.6. The number of rotatable bonds is 3. The lowest BCUT2D eigenvalue weighted by molar-refractivity contribution is 0.470. The summed E-state index contributed by atoms with van der Waals surface area (Å²) in [7, 11) is 0. The van der Waals surface area contributed by atoms with Gasteiger partial charge in [-0.3, -0.25) is 4.98 Å². The summed E-state index contributed by atoms with van der Waals surface area (Å²) in [5.41, 5.74) is 1.81. The minimum atomic E-state index is -0.0210. The lowest BCUT2D eigenvalue weighted by Gasteiger charge is -2.31. The third-order valence-electron chi connectivity index (χ3n) is 5.50.